The van der Waals surface area contributed by atoms with Gasteiger partial charge in [0.2, 0.25) is 0 Å². The molecule has 0 unspecified atom stereocenters. The summed E-state index contributed by atoms with van der Waals surface area (Å²) in [6.07, 6.45) is 1.43. The summed E-state index contributed by atoms with van der Waals surface area (Å²) in [4.78, 5) is 11.7. The Balaban J connectivity index is 2.32. The zero-order valence-corrected chi connectivity index (χ0v) is 10.5. The zero-order chi connectivity index (χ0) is 12.0. The highest BCUT2D eigenvalue weighted by atomic mass is 32.2. The number of hydrogen-bond acceptors (Lipinski definition) is 2. The Morgan fingerprint density at radius 1 is 1.31 bits per heavy atom. The van der Waals surface area contributed by atoms with Gasteiger partial charge in [-0.1, -0.05) is 13.8 Å². The molecule has 0 bridgehead atoms. The van der Waals surface area contributed by atoms with E-state index < -0.39 is 0 Å². The van der Waals surface area contributed by atoms with Gasteiger partial charge in [-0.05, 0) is 41.7 Å². The van der Waals surface area contributed by atoms with Crippen molar-refractivity contribution in [3.8, 4) is 0 Å². The molecule has 1 aromatic rings. The maximum atomic E-state index is 12.6. The van der Waals surface area contributed by atoms with Gasteiger partial charge in [0.15, 0.2) is 5.78 Å². The first-order valence-electron chi connectivity index (χ1n) is 5.50. The van der Waals surface area contributed by atoms with Crippen LogP contribution in [0.15, 0.2) is 24.3 Å². The van der Waals surface area contributed by atoms with Crippen LogP contribution in [0.2, 0.25) is 0 Å². The molecule has 0 aliphatic carbocycles. The number of Topliss-reactive ketones (excluding diaryl/α,β-unsaturated/α-hetero) is 1. The minimum atomic E-state index is -0.299. The van der Waals surface area contributed by atoms with Crippen LogP contribution in [0, 0.1) is 5.82 Å². The minimum Gasteiger partial charge on any atom is -0.294 e. The van der Waals surface area contributed by atoms with Crippen LogP contribution in [0.1, 0.15) is 37.0 Å². The van der Waals surface area contributed by atoms with Gasteiger partial charge in [0.05, 0.1) is 0 Å². The molecular weight excluding hydrogens is 223 g/mol. The molecule has 1 nitrogen and oxygen atoms in total. The predicted octanol–water partition coefficient (Wildman–Crippen LogP) is 3.93. The van der Waals surface area contributed by atoms with E-state index in [0.29, 0.717) is 17.2 Å². The molecule has 0 saturated heterocycles. The number of rotatable bonds is 6. The van der Waals surface area contributed by atoms with E-state index in [0.717, 1.165) is 12.2 Å². The number of carbonyl (C=O) groups excluding carboxylic acids is 1. The van der Waals surface area contributed by atoms with Crippen LogP contribution >= 0.6 is 11.8 Å². The molecule has 0 atom stereocenters. The first kappa shape index (κ1) is 13.2. The molecule has 0 N–H and O–H groups in total. The van der Waals surface area contributed by atoms with Crippen LogP contribution in [0.3, 0.4) is 0 Å². The fourth-order valence-electron chi connectivity index (χ4n) is 1.33. The maximum Gasteiger partial charge on any atom is 0.162 e. The first-order chi connectivity index (χ1) is 7.59. The van der Waals surface area contributed by atoms with Crippen LogP contribution < -0.4 is 0 Å². The lowest BCUT2D eigenvalue weighted by atomic mass is 10.1. The zero-order valence-electron chi connectivity index (χ0n) is 9.70. The molecule has 1 aromatic carbocycles. The summed E-state index contributed by atoms with van der Waals surface area (Å²) in [7, 11) is 0. The topological polar surface area (TPSA) is 17.1 Å². The molecule has 0 heterocycles. The number of hydrogen-bond donors (Lipinski definition) is 0. The highest BCUT2D eigenvalue weighted by molar-refractivity contribution is 7.99. The molecule has 0 saturated carbocycles. The molecule has 0 aliphatic heterocycles. The number of halogens is 1. The second-order valence-corrected chi connectivity index (χ2v) is 5.64. The first-order valence-corrected chi connectivity index (χ1v) is 6.55. The number of carbonyl (C=O) groups is 1. The van der Waals surface area contributed by atoms with Crippen LogP contribution in [0.4, 0.5) is 4.39 Å². The van der Waals surface area contributed by atoms with Crippen LogP contribution in [0.25, 0.3) is 0 Å². The maximum absolute atomic E-state index is 12.6. The van der Waals surface area contributed by atoms with Crippen molar-refractivity contribution in [1.29, 1.82) is 0 Å². The third kappa shape index (κ3) is 4.79. The Morgan fingerprint density at radius 2 is 1.94 bits per heavy atom. The lowest BCUT2D eigenvalue weighted by Crippen LogP contribution is -2.00. The van der Waals surface area contributed by atoms with Gasteiger partial charge in [0, 0.05) is 12.0 Å². The van der Waals surface area contributed by atoms with Crippen molar-refractivity contribution in [2.75, 3.05) is 5.75 Å². The van der Waals surface area contributed by atoms with E-state index in [-0.39, 0.29) is 11.6 Å². The molecule has 0 aliphatic rings. The molecule has 0 spiro atoms. The number of thioether (sulfide) groups is 1. The van der Waals surface area contributed by atoms with Crippen LogP contribution in [0.5, 0.6) is 0 Å². The fourth-order valence-corrected chi connectivity index (χ4v) is 2.11. The average Bonchev–Trinajstić information content (AvgIpc) is 2.25. The third-order valence-electron chi connectivity index (χ3n) is 2.17. The van der Waals surface area contributed by atoms with E-state index >= 15 is 0 Å². The van der Waals surface area contributed by atoms with Crippen molar-refractivity contribution in [3.63, 3.8) is 0 Å². The Kier molecular flexibility index (Phi) is 5.53. The normalized spacial score (nSPS) is 10.8. The summed E-state index contributed by atoms with van der Waals surface area (Å²) in [5, 5.41) is 0.612. The summed E-state index contributed by atoms with van der Waals surface area (Å²) >= 11 is 1.86. The van der Waals surface area contributed by atoms with Crippen molar-refractivity contribution in [3.05, 3.63) is 35.6 Å². The SMILES string of the molecule is CC(C)SCCCC(=O)c1ccc(F)cc1. The molecule has 88 valence electrons. The Labute approximate surface area is 100 Å². The van der Waals surface area contributed by atoms with Gasteiger partial charge in [-0.15, -0.1) is 0 Å². The van der Waals surface area contributed by atoms with Gasteiger partial charge >= 0.3 is 0 Å². The molecule has 0 fully saturated rings. The molecule has 0 radical (unpaired) electrons. The largest absolute Gasteiger partial charge is 0.294 e. The van der Waals surface area contributed by atoms with Crippen LogP contribution in [-0.2, 0) is 0 Å². The molecule has 1 rings (SSSR count). The second kappa shape index (κ2) is 6.69. The van der Waals surface area contributed by atoms with E-state index in [2.05, 4.69) is 13.8 Å². The predicted molar refractivity (Wildman–Crippen MR) is 67.6 cm³/mol. The summed E-state index contributed by atoms with van der Waals surface area (Å²) in [6.45, 7) is 4.29. The highest BCUT2D eigenvalue weighted by Gasteiger charge is 2.05. The summed E-state index contributed by atoms with van der Waals surface area (Å²) in [5.74, 6) is 0.807. The van der Waals surface area contributed by atoms with E-state index in [1.165, 1.54) is 12.1 Å². The molecule has 3 heteroatoms. The lowest BCUT2D eigenvalue weighted by Gasteiger charge is -2.04. The molecule has 0 amide bonds. The van der Waals surface area contributed by atoms with Crippen molar-refractivity contribution in [1.82, 2.24) is 0 Å². The van der Waals surface area contributed by atoms with Gasteiger partial charge in [0.25, 0.3) is 0 Å². The van der Waals surface area contributed by atoms with Gasteiger partial charge in [-0.25, -0.2) is 4.39 Å². The number of benzene rings is 1. The summed E-state index contributed by atoms with van der Waals surface area (Å²) in [5.41, 5.74) is 0.607. The molecular formula is C13H17FOS. The third-order valence-corrected chi connectivity index (χ3v) is 3.36. The monoisotopic (exact) mass is 240 g/mol. The Morgan fingerprint density at radius 3 is 2.50 bits per heavy atom. The van der Waals surface area contributed by atoms with Gasteiger partial charge in [-0.2, -0.15) is 11.8 Å². The van der Waals surface area contributed by atoms with Gasteiger partial charge < -0.3 is 0 Å². The highest BCUT2D eigenvalue weighted by Crippen LogP contribution is 2.13. The quantitative estimate of drug-likeness (QED) is 0.553. The minimum absolute atomic E-state index is 0.101. The van der Waals surface area contributed by atoms with Gasteiger partial charge in [-0.3, -0.25) is 4.79 Å². The molecule has 16 heavy (non-hydrogen) atoms. The Hall–Kier alpha value is -0.830. The Bertz CT molecular complexity index is 332. The van der Waals surface area contributed by atoms with E-state index in [1.54, 1.807) is 12.1 Å². The van der Waals surface area contributed by atoms with E-state index in [9.17, 15) is 9.18 Å². The van der Waals surface area contributed by atoms with Crippen molar-refractivity contribution < 1.29 is 9.18 Å². The van der Waals surface area contributed by atoms with E-state index in [4.69, 9.17) is 0 Å². The van der Waals surface area contributed by atoms with E-state index in [1.807, 2.05) is 11.8 Å². The molecule has 0 aromatic heterocycles. The second-order valence-electron chi connectivity index (χ2n) is 3.95. The smallest absolute Gasteiger partial charge is 0.162 e. The van der Waals surface area contributed by atoms with Crippen molar-refractivity contribution in [2.24, 2.45) is 0 Å². The lowest BCUT2D eigenvalue weighted by molar-refractivity contribution is 0.0982. The average molecular weight is 240 g/mol. The van der Waals surface area contributed by atoms with Gasteiger partial charge in [0.1, 0.15) is 5.82 Å². The van der Waals surface area contributed by atoms with Crippen molar-refractivity contribution in [2.45, 2.75) is 31.9 Å². The van der Waals surface area contributed by atoms with Crippen molar-refractivity contribution >= 4 is 17.5 Å². The number of ketones is 1. The fraction of sp³-hybridized carbons (Fsp3) is 0.462. The summed E-state index contributed by atoms with van der Waals surface area (Å²) < 4.78 is 12.6. The van der Waals surface area contributed by atoms with Crippen LogP contribution in [-0.4, -0.2) is 16.8 Å². The summed E-state index contributed by atoms with van der Waals surface area (Å²) in [6, 6.07) is 5.76. The standard InChI is InChI=1S/C13H17FOS/c1-10(2)16-9-3-4-13(15)11-5-7-12(14)8-6-11/h5-8,10H,3-4,9H2,1-2H3.